The Morgan fingerprint density at radius 1 is 1.35 bits per heavy atom. The van der Waals surface area contributed by atoms with Gasteiger partial charge in [-0.3, -0.25) is 0 Å². The minimum Gasteiger partial charge on any atom is -0.478 e. The first-order valence-corrected chi connectivity index (χ1v) is 6.22. The van der Waals surface area contributed by atoms with Gasteiger partial charge in [0.2, 0.25) is 11.8 Å². The van der Waals surface area contributed by atoms with Crippen LogP contribution in [0, 0.1) is 0 Å². The van der Waals surface area contributed by atoms with E-state index < -0.39 is 0 Å². The van der Waals surface area contributed by atoms with Gasteiger partial charge < -0.3 is 15.4 Å². The van der Waals surface area contributed by atoms with E-state index in [0.717, 1.165) is 25.9 Å². The van der Waals surface area contributed by atoms with Gasteiger partial charge in [0.25, 0.3) is 0 Å². The molecule has 0 radical (unpaired) electrons. The molecule has 5 nitrogen and oxygen atoms in total. The SMILES string of the molecule is CCCCN(CCN)c1nccc(OCC)n1. The van der Waals surface area contributed by atoms with Gasteiger partial charge in [-0.25, -0.2) is 4.98 Å². The molecule has 2 N–H and O–H groups in total. The van der Waals surface area contributed by atoms with Crippen LogP contribution in [0.25, 0.3) is 0 Å². The maximum Gasteiger partial charge on any atom is 0.228 e. The van der Waals surface area contributed by atoms with Crippen molar-refractivity contribution < 1.29 is 4.74 Å². The van der Waals surface area contributed by atoms with Crippen LogP contribution >= 0.6 is 0 Å². The van der Waals surface area contributed by atoms with Gasteiger partial charge >= 0.3 is 0 Å². The van der Waals surface area contributed by atoms with Crippen LogP contribution in [0.5, 0.6) is 5.88 Å². The largest absolute Gasteiger partial charge is 0.478 e. The van der Waals surface area contributed by atoms with Gasteiger partial charge in [-0.2, -0.15) is 4.98 Å². The van der Waals surface area contributed by atoms with Crippen molar-refractivity contribution >= 4 is 5.95 Å². The van der Waals surface area contributed by atoms with Crippen molar-refractivity contribution in [1.29, 1.82) is 0 Å². The topological polar surface area (TPSA) is 64.3 Å². The Hall–Kier alpha value is -1.36. The lowest BCUT2D eigenvalue weighted by atomic mass is 10.3. The highest BCUT2D eigenvalue weighted by Crippen LogP contribution is 2.13. The summed E-state index contributed by atoms with van der Waals surface area (Å²) in [5.74, 6) is 1.32. The molecule has 0 amide bonds. The molecular formula is C12H22N4O. The molecule has 1 aromatic rings. The highest BCUT2D eigenvalue weighted by Gasteiger charge is 2.09. The molecule has 0 fully saturated rings. The summed E-state index contributed by atoms with van der Waals surface area (Å²) in [6.07, 6.45) is 3.98. The second-order valence-electron chi connectivity index (χ2n) is 3.76. The molecule has 17 heavy (non-hydrogen) atoms. The zero-order chi connectivity index (χ0) is 12.5. The molecule has 0 bridgehead atoms. The molecular weight excluding hydrogens is 216 g/mol. The summed E-state index contributed by atoms with van der Waals surface area (Å²) in [7, 11) is 0. The Bertz CT molecular complexity index is 319. The zero-order valence-electron chi connectivity index (χ0n) is 10.7. The van der Waals surface area contributed by atoms with Crippen LogP contribution in [-0.4, -0.2) is 36.2 Å². The second-order valence-corrected chi connectivity index (χ2v) is 3.76. The molecule has 1 rings (SSSR count). The third-order valence-corrected chi connectivity index (χ3v) is 2.37. The lowest BCUT2D eigenvalue weighted by Gasteiger charge is -2.21. The maximum absolute atomic E-state index is 5.61. The van der Waals surface area contributed by atoms with Gasteiger partial charge in [-0.1, -0.05) is 13.3 Å². The Kier molecular flexibility index (Phi) is 6.32. The molecule has 0 saturated carbocycles. The van der Waals surface area contributed by atoms with Crippen LogP contribution in [0.1, 0.15) is 26.7 Å². The Labute approximate surface area is 103 Å². The molecule has 0 aliphatic rings. The first-order chi connectivity index (χ1) is 8.31. The monoisotopic (exact) mass is 238 g/mol. The van der Waals surface area contributed by atoms with E-state index in [1.165, 1.54) is 0 Å². The van der Waals surface area contributed by atoms with Gasteiger partial charge in [0.1, 0.15) is 0 Å². The number of nitrogens with two attached hydrogens (primary N) is 1. The molecule has 0 saturated heterocycles. The number of ether oxygens (including phenoxy) is 1. The van der Waals surface area contributed by atoms with Crippen LogP contribution in [0.2, 0.25) is 0 Å². The number of unbranched alkanes of at least 4 members (excludes halogenated alkanes) is 1. The van der Waals surface area contributed by atoms with Gasteiger partial charge in [0.05, 0.1) is 6.61 Å². The molecule has 0 spiro atoms. The van der Waals surface area contributed by atoms with E-state index in [4.69, 9.17) is 10.5 Å². The second kappa shape index (κ2) is 7.84. The lowest BCUT2D eigenvalue weighted by Crippen LogP contribution is -2.31. The van der Waals surface area contributed by atoms with E-state index in [0.29, 0.717) is 25.0 Å². The van der Waals surface area contributed by atoms with Crippen LogP contribution in [-0.2, 0) is 0 Å². The number of nitrogens with zero attached hydrogens (tertiary/aromatic N) is 3. The number of aromatic nitrogens is 2. The molecule has 0 aliphatic carbocycles. The van der Waals surface area contributed by atoms with E-state index in [9.17, 15) is 0 Å². The summed E-state index contributed by atoms with van der Waals surface area (Å²) < 4.78 is 5.37. The molecule has 5 heteroatoms. The third-order valence-electron chi connectivity index (χ3n) is 2.37. The fourth-order valence-corrected chi connectivity index (χ4v) is 1.53. The molecule has 1 heterocycles. The maximum atomic E-state index is 5.61. The van der Waals surface area contributed by atoms with Crippen LogP contribution in [0.3, 0.4) is 0 Å². The van der Waals surface area contributed by atoms with E-state index >= 15 is 0 Å². The van der Waals surface area contributed by atoms with E-state index in [2.05, 4.69) is 21.8 Å². The summed E-state index contributed by atoms with van der Waals surface area (Å²) in [4.78, 5) is 10.7. The third kappa shape index (κ3) is 4.56. The van der Waals surface area contributed by atoms with Crippen molar-refractivity contribution in [2.75, 3.05) is 31.1 Å². The zero-order valence-corrected chi connectivity index (χ0v) is 10.7. The summed E-state index contributed by atoms with van der Waals surface area (Å²) in [6.45, 7) is 7.03. The smallest absolute Gasteiger partial charge is 0.228 e. The van der Waals surface area contributed by atoms with E-state index in [1.54, 1.807) is 12.3 Å². The predicted octanol–water partition coefficient (Wildman–Crippen LogP) is 1.44. The number of hydrogen-bond acceptors (Lipinski definition) is 5. The number of rotatable bonds is 8. The standard InChI is InChI=1S/C12H22N4O/c1-3-5-9-16(10-7-13)12-14-8-6-11(15-12)17-4-2/h6,8H,3-5,7,9-10,13H2,1-2H3. The normalized spacial score (nSPS) is 10.3. The first-order valence-electron chi connectivity index (χ1n) is 6.22. The first kappa shape index (κ1) is 13.7. The summed E-state index contributed by atoms with van der Waals surface area (Å²) in [6, 6.07) is 1.77. The average Bonchev–Trinajstić information content (AvgIpc) is 2.35. The lowest BCUT2D eigenvalue weighted by molar-refractivity contribution is 0.326. The van der Waals surface area contributed by atoms with Crippen LogP contribution < -0.4 is 15.4 Å². The van der Waals surface area contributed by atoms with Crippen molar-refractivity contribution in [3.05, 3.63) is 12.3 Å². The van der Waals surface area contributed by atoms with Crippen LogP contribution in [0.15, 0.2) is 12.3 Å². The van der Waals surface area contributed by atoms with Crippen LogP contribution in [0.4, 0.5) is 5.95 Å². The Morgan fingerprint density at radius 3 is 2.82 bits per heavy atom. The van der Waals surface area contributed by atoms with Gasteiger partial charge in [0, 0.05) is 31.9 Å². The van der Waals surface area contributed by atoms with E-state index in [-0.39, 0.29) is 0 Å². The van der Waals surface area contributed by atoms with Gasteiger partial charge in [-0.15, -0.1) is 0 Å². The summed E-state index contributed by atoms with van der Waals surface area (Å²) >= 11 is 0. The fourth-order valence-electron chi connectivity index (χ4n) is 1.53. The molecule has 0 aromatic carbocycles. The minimum atomic E-state index is 0.603. The number of hydrogen-bond donors (Lipinski definition) is 1. The van der Waals surface area contributed by atoms with Crippen molar-refractivity contribution in [2.45, 2.75) is 26.7 Å². The van der Waals surface area contributed by atoms with Crippen molar-refractivity contribution in [2.24, 2.45) is 5.73 Å². The molecule has 0 unspecified atom stereocenters. The van der Waals surface area contributed by atoms with Crippen molar-refractivity contribution in [3.8, 4) is 5.88 Å². The summed E-state index contributed by atoms with van der Waals surface area (Å²) in [5, 5.41) is 0. The average molecular weight is 238 g/mol. The Morgan fingerprint density at radius 2 is 2.18 bits per heavy atom. The molecule has 0 aliphatic heterocycles. The molecule has 1 aromatic heterocycles. The number of anilines is 1. The van der Waals surface area contributed by atoms with E-state index in [1.807, 2.05) is 6.92 Å². The quantitative estimate of drug-likeness (QED) is 0.742. The highest BCUT2D eigenvalue weighted by atomic mass is 16.5. The fraction of sp³-hybridized carbons (Fsp3) is 0.667. The predicted molar refractivity (Wildman–Crippen MR) is 69.4 cm³/mol. The van der Waals surface area contributed by atoms with Crippen molar-refractivity contribution in [1.82, 2.24) is 9.97 Å². The van der Waals surface area contributed by atoms with Gasteiger partial charge in [-0.05, 0) is 13.3 Å². The van der Waals surface area contributed by atoms with Gasteiger partial charge in [0.15, 0.2) is 0 Å². The molecule has 0 atom stereocenters. The highest BCUT2D eigenvalue weighted by molar-refractivity contribution is 5.31. The van der Waals surface area contributed by atoms with Crippen molar-refractivity contribution in [3.63, 3.8) is 0 Å². The minimum absolute atomic E-state index is 0.603. The molecule has 96 valence electrons. The summed E-state index contributed by atoms with van der Waals surface area (Å²) in [5.41, 5.74) is 5.61. The Balaban J connectivity index is 2.73.